The average molecular weight is 222 g/mol. The van der Waals surface area contributed by atoms with Crippen molar-refractivity contribution in [2.45, 2.75) is 20.0 Å². The molecular weight excluding hydrogens is 208 g/mol. The third-order valence-electron chi connectivity index (χ3n) is 2.19. The zero-order chi connectivity index (χ0) is 12.3. The van der Waals surface area contributed by atoms with Crippen LogP contribution in [0.25, 0.3) is 0 Å². The molecule has 0 fully saturated rings. The maximum Gasteiger partial charge on any atom is 0.341 e. The van der Waals surface area contributed by atoms with Crippen LogP contribution in [0.3, 0.4) is 0 Å². The molecule has 5 heteroatoms. The minimum Gasteiger partial charge on any atom is -0.449 e. The number of benzene rings is 1. The summed E-state index contributed by atoms with van der Waals surface area (Å²) in [6, 6.07) is 5.07. The lowest BCUT2D eigenvalue weighted by Crippen LogP contribution is -2.30. The molecule has 0 aliphatic rings. The van der Waals surface area contributed by atoms with Crippen molar-refractivity contribution in [2.75, 3.05) is 5.73 Å². The Labute approximate surface area is 93.4 Å². The summed E-state index contributed by atoms with van der Waals surface area (Å²) in [4.78, 5) is 22.4. The van der Waals surface area contributed by atoms with E-state index in [9.17, 15) is 9.59 Å². The highest BCUT2D eigenvalue weighted by Crippen LogP contribution is 2.17. The number of carbonyl (C=O) groups is 2. The van der Waals surface area contributed by atoms with Gasteiger partial charge in [-0.1, -0.05) is 12.1 Å². The summed E-state index contributed by atoms with van der Waals surface area (Å²) in [6.07, 6.45) is -0.966. The number of ether oxygens (including phenoxy) is 1. The van der Waals surface area contributed by atoms with Crippen LogP contribution in [0.15, 0.2) is 18.2 Å². The summed E-state index contributed by atoms with van der Waals surface area (Å²) in [5.41, 5.74) is 11.9. The van der Waals surface area contributed by atoms with E-state index in [1.165, 1.54) is 6.92 Å². The van der Waals surface area contributed by atoms with Crippen LogP contribution in [0.4, 0.5) is 5.69 Å². The Morgan fingerprint density at radius 3 is 2.50 bits per heavy atom. The van der Waals surface area contributed by atoms with E-state index in [0.717, 1.165) is 0 Å². The number of anilines is 1. The molecule has 1 unspecified atom stereocenters. The summed E-state index contributed by atoms with van der Waals surface area (Å²) < 4.78 is 4.87. The van der Waals surface area contributed by atoms with E-state index < -0.39 is 18.0 Å². The highest BCUT2D eigenvalue weighted by atomic mass is 16.5. The molecule has 0 heterocycles. The lowest BCUT2D eigenvalue weighted by molar-refractivity contribution is -0.125. The summed E-state index contributed by atoms with van der Waals surface area (Å²) in [6.45, 7) is 3.15. The molecule has 1 atom stereocenters. The molecule has 5 nitrogen and oxygen atoms in total. The van der Waals surface area contributed by atoms with Crippen LogP contribution in [0.5, 0.6) is 0 Å². The summed E-state index contributed by atoms with van der Waals surface area (Å²) >= 11 is 0. The molecule has 1 amide bonds. The van der Waals surface area contributed by atoms with Gasteiger partial charge >= 0.3 is 5.97 Å². The van der Waals surface area contributed by atoms with E-state index in [1.54, 1.807) is 25.1 Å². The number of nitrogen functional groups attached to an aromatic ring is 1. The number of aryl methyl sites for hydroxylation is 1. The van der Waals surface area contributed by atoms with Gasteiger partial charge in [0.15, 0.2) is 6.10 Å². The normalized spacial score (nSPS) is 11.9. The van der Waals surface area contributed by atoms with E-state index >= 15 is 0 Å². The molecular formula is C11H14N2O3. The molecule has 0 aromatic heterocycles. The Morgan fingerprint density at radius 2 is 2.00 bits per heavy atom. The number of amides is 1. The predicted octanol–water partition coefficient (Wildman–Crippen LogP) is 0.608. The van der Waals surface area contributed by atoms with Crippen molar-refractivity contribution in [2.24, 2.45) is 5.73 Å². The van der Waals surface area contributed by atoms with Crippen LogP contribution in [0, 0.1) is 6.92 Å². The van der Waals surface area contributed by atoms with Crippen molar-refractivity contribution in [3.05, 3.63) is 29.3 Å². The molecule has 86 valence electrons. The van der Waals surface area contributed by atoms with Crippen LogP contribution in [-0.4, -0.2) is 18.0 Å². The first-order valence-corrected chi connectivity index (χ1v) is 4.79. The maximum absolute atomic E-state index is 11.7. The molecule has 16 heavy (non-hydrogen) atoms. The molecule has 0 bridgehead atoms. The smallest absolute Gasteiger partial charge is 0.341 e. The quantitative estimate of drug-likeness (QED) is 0.578. The minimum absolute atomic E-state index is 0.274. The number of esters is 1. The van der Waals surface area contributed by atoms with Gasteiger partial charge in [0.1, 0.15) is 0 Å². The molecule has 1 aromatic rings. The van der Waals surface area contributed by atoms with Crippen LogP contribution < -0.4 is 11.5 Å². The first-order valence-electron chi connectivity index (χ1n) is 4.79. The fourth-order valence-electron chi connectivity index (χ4n) is 1.25. The Bertz CT molecular complexity index is 409. The third-order valence-corrected chi connectivity index (χ3v) is 2.19. The molecule has 0 aliphatic carbocycles. The Balaban J connectivity index is 2.93. The van der Waals surface area contributed by atoms with Crippen molar-refractivity contribution in [1.29, 1.82) is 0 Å². The lowest BCUT2D eigenvalue weighted by atomic mass is 10.1. The number of primary amides is 1. The van der Waals surface area contributed by atoms with Crippen LogP contribution in [-0.2, 0) is 9.53 Å². The number of hydrogen-bond donors (Lipinski definition) is 2. The predicted molar refractivity (Wildman–Crippen MR) is 59.7 cm³/mol. The Hall–Kier alpha value is -2.04. The van der Waals surface area contributed by atoms with E-state index in [-0.39, 0.29) is 5.56 Å². The second-order valence-corrected chi connectivity index (χ2v) is 3.49. The van der Waals surface area contributed by atoms with Gasteiger partial charge in [-0.3, -0.25) is 4.79 Å². The summed E-state index contributed by atoms with van der Waals surface area (Å²) in [5, 5.41) is 0. The highest BCUT2D eigenvalue weighted by molar-refractivity contribution is 5.98. The molecule has 0 spiro atoms. The van der Waals surface area contributed by atoms with Crippen molar-refractivity contribution in [3.63, 3.8) is 0 Å². The Kier molecular flexibility index (Phi) is 3.50. The summed E-state index contributed by atoms with van der Waals surface area (Å²) in [7, 11) is 0. The number of rotatable bonds is 3. The largest absolute Gasteiger partial charge is 0.449 e. The molecule has 0 saturated carbocycles. The van der Waals surface area contributed by atoms with Gasteiger partial charge in [-0.15, -0.1) is 0 Å². The average Bonchev–Trinajstić information content (AvgIpc) is 2.16. The molecule has 0 aliphatic heterocycles. The highest BCUT2D eigenvalue weighted by Gasteiger charge is 2.19. The number of carbonyl (C=O) groups excluding carboxylic acids is 2. The van der Waals surface area contributed by atoms with Crippen molar-refractivity contribution >= 4 is 17.6 Å². The fraction of sp³-hybridized carbons (Fsp3) is 0.273. The van der Waals surface area contributed by atoms with Gasteiger partial charge in [0.2, 0.25) is 0 Å². The fourth-order valence-corrected chi connectivity index (χ4v) is 1.25. The van der Waals surface area contributed by atoms with Crippen LogP contribution in [0.2, 0.25) is 0 Å². The van der Waals surface area contributed by atoms with E-state index in [4.69, 9.17) is 16.2 Å². The minimum atomic E-state index is -0.966. The van der Waals surface area contributed by atoms with Crippen LogP contribution >= 0.6 is 0 Å². The van der Waals surface area contributed by atoms with Crippen LogP contribution in [0.1, 0.15) is 22.8 Å². The summed E-state index contributed by atoms with van der Waals surface area (Å²) in [5.74, 6) is -1.33. The SMILES string of the molecule is Cc1cccc(N)c1C(=O)OC(C)C(N)=O. The zero-order valence-electron chi connectivity index (χ0n) is 9.19. The van der Waals surface area contributed by atoms with E-state index in [0.29, 0.717) is 11.3 Å². The van der Waals surface area contributed by atoms with Gasteiger partial charge in [0.05, 0.1) is 5.56 Å². The Morgan fingerprint density at radius 1 is 1.38 bits per heavy atom. The van der Waals surface area contributed by atoms with Crippen molar-refractivity contribution in [3.8, 4) is 0 Å². The molecule has 4 N–H and O–H groups in total. The third kappa shape index (κ3) is 2.50. The second kappa shape index (κ2) is 4.65. The lowest BCUT2D eigenvalue weighted by Gasteiger charge is -2.12. The van der Waals surface area contributed by atoms with Gasteiger partial charge in [-0.2, -0.15) is 0 Å². The van der Waals surface area contributed by atoms with Gasteiger partial charge < -0.3 is 16.2 Å². The van der Waals surface area contributed by atoms with Gasteiger partial charge in [-0.05, 0) is 25.5 Å². The first kappa shape index (κ1) is 12.0. The van der Waals surface area contributed by atoms with E-state index in [1.807, 2.05) is 0 Å². The zero-order valence-corrected chi connectivity index (χ0v) is 9.19. The van der Waals surface area contributed by atoms with Gasteiger partial charge in [0.25, 0.3) is 5.91 Å². The first-order chi connectivity index (χ1) is 7.43. The van der Waals surface area contributed by atoms with Crippen molar-refractivity contribution in [1.82, 2.24) is 0 Å². The standard InChI is InChI=1S/C11H14N2O3/c1-6-4-3-5-8(12)9(6)11(15)16-7(2)10(13)14/h3-5,7H,12H2,1-2H3,(H2,13,14). The van der Waals surface area contributed by atoms with Gasteiger partial charge in [0, 0.05) is 5.69 Å². The maximum atomic E-state index is 11.7. The number of nitrogens with two attached hydrogens (primary N) is 2. The molecule has 1 rings (SSSR count). The molecule has 0 saturated heterocycles. The topological polar surface area (TPSA) is 95.4 Å². The number of hydrogen-bond acceptors (Lipinski definition) is 4. The monoisotopic (exact) mass is 222 g/mol. The van der Waals surface area contributed by atoms with E-state index in [2.05, 4.69) is 0 Å². The second-order valence-electron chi connectivity index (χ2n) is 3.49. The molecule has 1 aromatic carbocycles. The van der Waals surface area contributed by atoms with Gasteiger partial charge in [-0.25, -0.2) is 4.79 Å². The van der Waals surface area contributed by atoms with Crippen molar-refractivity contribution < 1.29 is 14.3 Å². The molecule has 0 radical (unpaired) electrons.